The second kappa shape index (κ2) is 8.93. The number of ether oxygens (including phenoxy) is 1. The molecule has 1 aromatic carbocycles. The Bertz CT molecular complexity index is 795. The Morgan fingerprint density at radius 2 is 1.90 bits per heavy atom. The number of amides is 4. The molecule has 2 atom stereocenters. The van der Waals surface area contributed by atoms with E-state index in [1.165, 1.54) is 11.8 Å². The van der Waals surface area contributed by atoms with E-state index in [1.54, 1.807) is 36.3 Å². The number of methoxy groups -OCH3 is 1. The van der Waals surface area contributed by atoms with Crippen LogP contribution in [0.4, 0.5) is 0 Å². The molecule has 9 nitrogen and oxygen atoms in total. The van der Waals surface area contributed by atoms with E-state index in [2.05, 4.69) is 10.6 Å². The topological polar surface area (TPSA) is 108 Å². The smallest absolute Gasteiger partial charge is 0.254 e. The van der Waals surface area contributed by atoms with Gasteiger partial charge < -0.3 is 25.2 Å². The minimum Gasteiger partial charge on any atom is -0.497 e. The molecule has 29 heavy (non-hydrogen) atoms. The van der Waals surface area contributed by atoms with Crippen molar-refractivity contribution in [2.45, 2.75) is 31.8 Å². The maximum Gasteiger partial charge on any atom is 0.254 e. The molecule has 0 saturated carbocycles. The summed E-state index contributed by atoms with van der Waals surface area (Å²) < 4.78 is 5.11. The molecule has 2 N–H and O–H groups in total. The summed E-state index contributed by atoms with van der Waals surface area (Å²) in [5.41, 5.74) is 0.480. The van der Waals surface area contributed by atoms with Crippen LogP contribution in [0.2, 0.25) is 0 Å². The number of carbonyl (C=O) groups is 4. The van der Waals surface area contributed by atoms with Crippen LogP contribution in [-0.4, -0.2) is 78.8 Å². The first kappa shape index (κ1) is 20.6. The average molecular weight is 402 g/mol. The van der Waals surface area contributed by atoms with Gasteiger partial charge in [-0.25, -0.2) is 0 Å². The van der Waals surface area contributed by atoms with E-state index in [0.29, 0.717) is 30.8 Å². The van der Waals surface area contributed by atoms with Crippen LogP contribution in [0.5, 0.6) is 5.75 Å². The molecule has 0 aliphatic carbocycles. The number of hydrogen-bond donors (Lipinski definition) is 2. The standard InChI is InChI=1S/C20H26N4O5/c1-13(25)24-11-10-23(20(28)14-5-7-15(29-2)8-6-14)12-17(24)19(27)22-16-4-3-9-21-18(16)26/h5-8,16-17H,3-4,9-12H2,1-2H3,(H,21,26)(H,22,27). The Balaban J connectivity index is 1.72. The lowest BCUT2D eigenvalue weighted by Gasteiger charge is -2.40. The first-order valence-corrected chi connectivity index (χ1v) is 9.69. The van der Waals surface area contributed by atoms with Crippen molar-refractivity contribution in [3.8, 4) is 5.75 Å². The van der Waals surface area contributed by atoms with Crippen molar-refractivity contribution in [3.63, 3.8) is 0 Å². The maximum atomic E-state index is 12.9. The van der Waals surface area contributed by atoms with Gasteiger partial charge in [0.15, 0.2) is 0 Å². The van der Waals surface area contributed by atoms with Crippen molar-refractivity contribution >= 4 is 23.6 Å². The van der Waals surface area contributed by atoms with Crippen LogP contribution in [0, 0.1) is 0 Å². The maximum absolute atomic E-state index is 12.9. The fraction of sp³-hybridized carbons (Fsp3) is 0.500. The summed E-state index contributed by atoms with van der Waals surface area (Å²) in [6.45, 7) is 2.65. The van der Waals surface area contributed by atoms with Crippen molar-refractivity contribution in [1.82, 2.24) is 20.4 Å². The Labute approximate surface area is 169 Å². The molecule has 2 heterocycles. The minimum atomic E-state index is -0.835. The molecule has 0 radical (unpaired) electrons. The summed E-state index contributed by atoms with van der Waals surface area (Å²) in [5, 5.41) is 5.46. The highest BCUT2D eigenvalue weighted by atomic mass is 16.5. The quantitative estimate of drug-likeness (QED) is 0.723. The van der Waals surface area contributed by atoms with Gasteiger partial charge in [-0.15, -0.1) is 0 Å². The van der Waals surface area contributed by atoms with E-state index < -0.39 is 18.0 Å². The number of rotatable bonds is 4. The molecule has 0 aromatic heterocycles. The predicted molar refractivity (Wildman–Crippen MR) is 104 cm³/mol. The third-order valence-corrected chi connectivity index (χ3v) is 5.31. The zero-order chi connectivity index (χ0) is 21.0. The molecule has 0 spiro atoms. The van der Waals surface area contributed by atoms with Gasteiger partial charge in [-0.1, -0.05) is 0 Å². The number of hydrogen-bond acceptors (Lipinski definition) is 5. The summed E-state index contributed by atoms with van der Waals surface area (Å²) in [6.07, 6.45) is 1.33. The van der Waals surface area contributed by atoms with Crippen molar-refractivity contribution in [2.75, 3.05) is 33.3 Å². The van der Waals surface area contributed by atoms with Crippen LogP contribution in [0.15, 0.2) is 24.3 Å². The van der Waals surface area contributed by atoms with E-state index in [0.717, 1.165) is 6.42 Å². The number of piperazine rings is 1. The third-order valence-electron chi connectivity index (χ3n) is 5.31. The lowest BCUT2D eigenvalue weighted by molar-refractivity contribution is -0.143. The molecular formula is C20H26N4O5. The van der Waals surface area contributed by atoms with Gasteiger partial charge in [0.2, 0.25) is 17.7 Å². The van der Waals surface area contributed by atoms with Gasteiger partial charge in [0.1, 0.15) is 17.8 Å². The third kappa shape index (κ3) is 4.67. The van der Waals surface area contributed by atoms with Gasteiger partial charge in [0, 0.05) is 32.1 Å². The molecule has 9 heteroatoms. The number of piperidine rings is 1. The minimum absolute atomic E-state index is 0.0740. The second-order valence-corrected chi connectivity index (χ2v) is 7.20. The number of benzene rings is 1. The molecule has 2 aliphatic rings. The fourth-order valence-corrected chi connectivity index (χ4v) is 3.66. The summed E-state index contributed by atoms with van der Waals surface area (Å²) in [5.74, 6) is -0.458. The number of carbonyl (C=O) groups excluding carboxylic acids is 4. The summed E-state index contributed by atoms with van der Waals surface area (Å²) >= 11 is 0. The van der Waals surface area contributed by atoms with Crippen LogP contribution in [0.25, 0.3) is 0 Å². The van der Waals surface area contributed by atoms with E-state index >= 15 is 0 Å². The zero-order valence-corrected chi connectivity index (χ0v) is 16.6. The van der Waals surface area contributed by atoms with Gasteiger partial charge in [0.25, 0.3) is 5.91 Å². The lowest BCUT2D eigenvalue weighted by Crippen LogP contribution is -2.63. The molecule has 2 unspecified atom stereocenters. The first-order chi connectivity index (χ1) is 13.9. The van der Waals surface area contributed by atoms with E-state index in [-0.39, 0.29) is 30.8 Å². The first-order valence-electron chi connectivity index (χ1n) is 9.69. The summed E-state index contributed by atoms with van der Waals surface area (Å²) in [7, 11) is 1.55. The Morgan fingerprint density at radius 1 is 1.17 bits per heavy atom. The van der Waals surface area contributed by atoms with E-state index in [4.69, 9.17) is 4.74 Å². The Hall–Kier alpha value is -3.10. The molecule has 3 rings (SSSR count). The monoisotopic (exact) mass is 402 g/mol. The van der Waals surface area contributed by atoms with Crippen molar-refractivity contribution < 1.29 is 23.9 Å². The van der Waals surface area contributed by atoms with Crippen LogP contribution < -0.4 is 15.4 Å². The van der Waals surface area contributed by atoms with Crippen LogP contribution >= 0.6 is 0 Å². The molecule has 2 saturated heterocycles. The highest BCUT2D eigenvalue weighted by molar-refractivity contribution is 5.96. The zero-order valence-electron chi connectivity index (χ0n) is 16.6. The molecule has 2 aliphatic heterocycles. The second-order valence-electron chi connectivity index (χ2n) is 7.20. The Morgan fingerprint density at radius 3 is 2.52 bits per heavy atom. The molecule has 1 aromatic rings. The molecular weight excluding hydrogens is 376 g/mol. The van der Waals surface area contributed by atoms with E-state index in [9.17, 15) is 19.2 Å². The SMILES string of the molecule is COc1ccc(C(=O)N2CCN(C(C)=O)C(C(=O)NC3CCCNC3=O)C2)cc1. The normalized spacial score (nSPS) is 21.9. The number of nitrogens with zero attached hydrogens (tertiary/aromatic N) is 2. The van der Waals surface area contributed by atoms with E-state index in [1.807, 2.05) is 0 Å². The Kier molecular flexibility index (Phi) is 6.36. The average Bonchev–Trinajstić information content (AvgIpc) is 2.74. The predicted octanol–water partition coefficient (Wildman–Crippen LogP) is -0.237. The number of nitrogens with one attached hydrogen (secondary N) is 2. The van der Waals surface area contributed by atoms with Gasteiger partial charge in [-0.3, -0.25) is 19.2 Å². The molecule has 0 bridgehead atoms. The van der Waals surface area contributed by atoms with Gasteiger partial charge in [0.05, 0.1) is 13.7 Å². The largest absolute Gasteiger partial charge is 0.497 e. The molecule has 156 valence electrons. The van der Waals surface area contributed by atoms with Gasteiger partial charge in [-0.2, -0.15) is 0 Å². The lowest BCUT2D eigenvalue weighted by atomic mass is 10.0. The fourth-order valence-electron chi connectivity index (χ4n) is 3.66. The van der Waals surface area contributed by atoms with Crippen LogP contribution in [0.3, 0.4) is 0 Å². The van der Waals surface area contributed by atoms with Crippen LogP contribution in [0.1, 0.15) is 30.1 Å². The summed E-state index contributed by atoms with van der Waals surface area (Å²) in [4.78, 5) is 52.8. The van der Waals surface area contributed by atoms with Crippen molar-refractivity contribution in [3.05, 3.63) is 29.8 Å². The van der Waals surface area contributed by atoms with Crippen LogP contribution in [-0.2, 0) is 14.4 Å². The van der Waals surface area contributed by atoms with Gasteiger partial charge in [-0.05, 0) is 37.1 Å². The molecule has 4 amide bonds. The van der Waals surface area contributed by atoms with Crippen molar-refractivity contribution in [2.24, 2.45) is 0 Å². The van der Waals surface area contributed by atoms with Gasteiger partial charge >= 0.3 is 0 Å². The highest BCUT2D eigenvalue weighted by Gasteiger charge is 2.37. The highest BCUT2D eigenvalue weighted by Crippen LogP contribution is 2.17. The van der Waals surface area contributed by atoms with Crippen molar-refractivity contribution in [1.29, 1.82) is 0 Å². The summed E-state index contributed by atoms with van der Waals surface area (Å²) in [6, 6.07) is 5.28. The molecule has 2 fully saturated rings.